The molecule has 9 rings (SSSR count). The number of ether oxygens (including phenoxy) is 1. The van der Waals surface area contributed by atoms with Gasteiger partial charge in [-0.25, -0.2) is 4.40 Å². The molecule has 0 spiro atoms. The van der Waals surface area contributed by atoms with Gasteiger partial charge in [0, 0.05) is 11.5 Å². The van der Waals surface area contributed by atoms with Crippen LogP contribution in [-0.2, 0) is 21.1 Å². The summed E-state index contributed by atoms with van der Waals surface area (Å²) in [6.45, 7) is 8.92. The molecule has 5 aromatic heterocycles. The van der Waals surface area contributed by atoms with E-state index in [4.69, 9.17) is 19.1 Å². The Morgan fingerprint density at radius 3 is 2.25 bits per heavy atom. The molecule has 4 aromatic carbocycles. The third kappa shape index (κ3) is 5.42. The molecule has 5 heterocycles. The third-order valence-electron chi connectivity index (χ3n) is 9.24. The summed E-state index contributed by atoms with van der Waals surface area (Å²) in [6, 6.07) is 41.4. The van der Waals surface area contributed by atoms with Crippen LogP contribution in [0.2, 0.25) is 0 Å². The molecule has 0 saturated heterocycles. The van der Waals surface area contributed by atoms with Crippen molar-refractivity contribution in [1.82, 2.24) is 29.1 Å². The van der Waals surface area contributed by atoms with Crippen molar-refractivity contribution in [3.63, 3.8) is 0 Å². The van der Waals surface area contributed by atoms with E-state index in [2.05, 4.69) is 91.0 Å². The second-order valence-electron chi connectivity index (χ2n) is 13.1. The minimum atomic E-state index is 0. The number of hydrogen-bond donors (Lipinski definition) is 0. The molecule has 0 aliphatic carbocycles. The van der Waals surface area contributed by atoms with Crippen LogP contribution in [0.4, 0.5) is 0 Å². The van der Waals surface area contributed by atoms with Crippen LogP contribution < -0.4 is 4.74 Å². The maximum absolute atomic E-state index is 6.80. The van der Waals surface area contributed by atoms with E-state index in [-0.39, 0.29) is 26.9 Å². The molecule has 51 heavy (non-hydrogen) atoms. The van der Waals surface area contributed by atoms with Crippen LogP contribution in [0.5, 0.6) is 11.8 Å². The van der Waals surface area contributed by atoms with Gasteiger partial charge in [0.2, 0.25) is 11.5 Å². The molecule has 0 atom stereocenters. The van der Waals surface area contributed by atoms with Crippen LogP contribution in [0.15, 0.2) is 114 Å². The second-order valence-corrected chi connectivity index (χ2v) is 13.1. The zero-order valence-corrected chi connectivity index (χ0v) is 30.6. The molecule has 0 aliphatic heterocycles. The monoisotopic (exact) mass is 847 g/mol. The molecule has 8 nitrogen and oxygen atoms in total. The summed E-state index contributed by atoms with van der Waals surface area (Å²) in [4.78, 5) is 10.2. The first-order valence-electron chi connectivity index (χ1n) is 16.8. The van der Waals surface area contributed by atoms with Crippen molar-refractivity contribution in [2.75, 3.05) is 0 Å². The third-order valence-corrected chi connectivity index (χ3v) is 9.24. The Balaban J connectivity index is 0.00000374. The summed E-state index contributed by atoms with van der Waals surface area (Å²) in [7, 11) is 0. The predicted octanol–water partition coefficient (Wildman–Crippen LogP) is 10.3. The fourth-order valence-corrected chi connectivity index (χ4v) is 7.00. The first kappa shape index (κ1) is 32.6. The molecular weight excluding hydrogens is 816 g/mol. The Bertz CT molecular complexity index is 2670. The Morgan fingerprint density at radius 2 is 1.53 bits per heavy atom. The quantitative estimate of drug-likeness (QED) is 0.149. The average Bonchev–Trinajstić information content (AvgIpc) is 3.84. The summed E-state index contributed by atoms with van der Waals surface area (Å²) in [5, 5.41) is 10.3. The largest absolute Gasteiger partial charge is 2.00 e. The first-order chi connectivity index (χ1) is 24.5. The number of aromatic nitrogens is 6. The van der Waals surface area contributed by atoms with Crippen LogP contribution >= 0.6 is 0 Å². The topological polar surface area (TPSA) is 83.3 Å². The van der Waals surface area contributed by atoms with E-state index < -0.39 is 0 Å². The van der Waals surface area contributed by atoms with E-state index in [0.717, 1.165) is 44.3 Å². The van der Waals surface area contributed by atoms with Gasteiger partial charge in [-0.05, 0) is 45.8 Å². The van der Waals surface area contributed by atoms with Gasteiger partial charge in [-0.3, -0.25) is 4.98 Å². The molecule has 0 N–H and O–H groups in total. The number of benzene rings is 4. The maximum atomic E-state index is 6.80. The van der Waals surface area contributed by atoms with Gasteiger partial charge in [0.05, 0.1) is 10.9 Å². The van der Waals surface area contributed by atoms with Crippen LogP contribution in [0.25, 0.3) is 67.0 Å². The zero-order valence-electron chi connectivity index (χ0n) is 28.4. The fourth-order valence-electron chi connectivity index (χ4n) is 7.00. The summed E-state index contributed by atoms with van der Waals surface area (Å²) in [6.07, 6.45) is 1.66. The van der Waals surface area contributed by atoms with Gasteiger partial charge in [-0.15, -0.1) is 47.1 Å². The van der Waals surface area contributed by atoms with Crippen molar-refractivity contribution >= 4 is 38.9 Å². The number of fused-ring (bicyclic) bond motifs is 7. The summed E-state index contributed by atoms with van der Waals surface area (Å²) < 4.78 is 17.1. The van der Waals surface area contributed by atoms with Gasteiger partial charge >= 0.3 is 26.9 Å². The summed E-state index contributed by atoms with van der Waals surface area (Å²) >= 11 is 0. The molecule has 0 aliphatic rings. The number of hydrogen-bond acceptors (Lipinski definition) is 6. The van der Waals surface area contributed by atoms with Crippen molar-refractivity contribution in [3.8, 4) is 39.8 Å². The number of oxazole rings is 1. The smallest absolute Gasteiger partial charge is 0.418 e. The average molecular weight is 848 g/mol. The Hall–Kier alpha value is -5.59. The van der Waals surface area contributed by atoms with Crippen molar-refractivity contribution in [2.24, 2.45) is 0 Å². The summed E-state index contributed by atoms with van der Waals surface area (Å²) in [5.41, 5.74) is 10.1. The number of rotatable bonds is 7. The standard InChI is InChI=1S/C42H32N6O2.Pt/c1-25(2)30-19-13-20-31(26(3)4)36(30)28-22-33(27-14-7-5-8-15-27)44-35(23-28)49-41-39-38(47-24-43-46-42(47)50-39)37-32-18-11-12-21-34(32)48(40(37)45-41)29-16-9-6-10-17-29;/h5-14,16,18-26H,1-4H3;/q-2;+2. The number of pyridine rings is 2. The number of para-hydroxylation sites is 2. The van der Waals surface area contributed by atoms with E-state index in [1.165, 1.54) is 16.7 Å². The molecule has 0 bridgehead atoms. The molecule has 0 unspecified atom stereocenters. The molecule has 0 saturated carbocycles. The van der Waals surface area contributed by atoms with Gasteiger partial charge in [0.25, 0.3) is 5.88 Å². The SMILES string of the molecule is CC(C)c1cccc(C(C)C)c1-c1cc(Oc2nc3c(c4ccccc4n3-c3[c-]cccc3)c3c2oc2nncn23)nc(-c2[c-]cccc2)c1.[Pt+2]. The first-order valence-corrected chi connectivity index (χ1v) is 16.8. The zero-order chi connectivity index (χ0) is 33.9. The van der Waals surface area contributed by atoms with Crippen LogP contribution in [-0.4, -0.2) is 29.1 Å². The minimum Gasteiger partial charge on any atom is -0.418 e. The molecule has 9 heteroatoms. The van der Waals surface area contributed by atoms with Crippen LogP contribution in [0, 0.1) is 12.1 Å². The van der Waals surface area contributed by atoms with E-state index in [9.17, 15) is 0 Å². The Morgan fingerprint density at radius 1 is 0.784 bits per heavy atom. The van der Waals surface area contributed by atoms with Gasteiger partial charge < -0.3 is 13.7 Å². The minimum absolute atomic E-state index is 0. The van der Waals surface area contributed by atoms with Gasteiger partial charge in [-0.2, -0.15) is 29.2 Å². The van der Waals surface area contributed by atoms with Gasteiger partial charge in [-0.1, -0.05) is 80.9 Å². The van der Waals surface area contributed by atoms with Crippen LogP contribution in [0.1, 0.15) is 50.7 Å². The van der Waals surface area contributed by atoms with Crippen molar-refractivity contribution in [3.05, 3.63) is 133 Å². The second kappa shape index (κ2) is 12.9. The van der Waals surface area contributed by atoms with Crippen LogP contribution in [0.3, 0.4) is 0 Å². The summed E-state index contributed by atoms with van der Waals surface area (Å²) in [5.74, 6) is 1.61. The Labute approximate surface area is 309 Å². The molecule has 0 radical (unpaired) electrons. The predicted molar refractivity (Wildman–Crippen MR) is 196 cm³/mol. The molecule has 0 amide bonds. The maximum Gasteiger partial charge on any atom is 2.00 e. The molecule has 252 valence electrons. The molecule has 9 aromatic rings. The van der Waals surface area contributed by atoms with Crippen molar-refractivity contribution < 1.29 is 30.2 Å². The van der Waals surface area contributed by atoms with E-state index >= 15 is 0 Å². The number of nitrogens with zero attached hydrogens (tertiary/aromatic N) is 6. The van der Waals surface area contributed by atoms with Gasteiger partial charge in [0.15, 0.2) is 0 Å². The van der Waals surface area contributed by atoms with Crippen molar-refractivity contribution in [1.29, 1.82) is 0 Å². The van der Waals surface area contributed by atoms with E-state index in [1.54, 1.807) is 6.33 Å². The molecular formula is C42H32N6O2Pt. The van der Waals surface area contributed by atoms with Gasteiger partial charge in [0.1, 0.15) is 17.5 Å². The van der Waals surface area contributed by atoms with Crippen molar-refractivity contribution in [2.45, 2.75) is 39.5 Å². The Kier molecular flexibility index (Phi) is 8.27. The van der Waals surface area contributed by atoms with E-state index in [1.807, 2.05) is 71.1 Å². The van der Waals surface area contributed by atoms with E-state index in [0.29, 0.717) is 34.8 Å². The fraction of sp³-hybridized carbons (Fsp3) is 0.143. The normalized spacial score (nSPS) is 11.7. The molecule has 0 fully saturated rings.